The Kier molecular flexibility index (Phi) is 4.33. The number of halogens is 2. The maximum atomic E-state index is 10.6. The maximum Gasteiger partial charge on any atom is 0.122 e. The van der Waals surface area contributed by atoms with Gasteiger partial charge in [-0.15, -0.1) is 0 Å². The third-order valence-corrected chi connectivity index (χ3v) is 4.16. The van der Waals surface area contributed by atoms with Crippen LogP contribution in [0.2, 0.25) is 5.02 Å². The van der Waals surface area contributed by atoms with Gasteiger partial charge in [0.15, 0.2) is 0 Å². The van der Waals surface area contributed by atoms with Gasteiger partial charge >= 0.3 is 0 Å². The molecule has 1 aromatic carbocycles. The van der Waals surface area contributed by atoms with Crippen molar-refractivity contribution in [1.29, 1.82) is 0 Å². The summed E-state index contributed by atoms with van der Waals surface area (Å²) >= 11 is 9.57. The minimum absolute atomic E-state index is 0.176. The van der Waals surface area contributed by atoms with Gasteiger partial charge in [-0.2, -0.15) is 5.10 Å². The second-order valence-corrected chi connectivity index (χ2v) is 6.03. The molecule has 0 aliphatic heterocycles. The van der Waals surface area contributed by atoms with E-state index >= 15 is 0 Å². The van der Waals surface area contributed by atoms with Crippen LogP contribution in [0.15, 0.2) is 28.9 Å². The van der Waals surface area contributed by atoms with Gasteiger partial charge in [0.25, 0.3) is 0 Å². The Morgan fingerprint density at radius 3 is 2.68 bits per heavy atom. The summed E-state index contributed by atoms with van der Waals surface area (Å²) in [7, 11) is 0. The number of aliphatic hydroxyl groups is 1. The number of rotatable bonds is 3. The van der Waals surface area contributed by atoms with Crippen LogP contribution in [-0.2, 0) is 0 Å². The van der Waals surface area contributed by atoms with Gasteiger partial charge < -0.3 is 5.11 Å². The van der Waals surface area contributed by atoms with Crippen LogP contribution >= 0.6 is 27.5 Å². The topological polar surface area (TPSA) is 38.1 Å². The minimum Gasteiger partial charge on any atom is -0.382 e. The van der Waals surface area contributed by atoms with Crippen LogP contribution in [0.25, 0.3) is 0 Å². The Morgan fingerprint density at radius 1 is 1.37 bits per heavy atom. The fraction of sp³-hybridized carbons (Fsp3) is 0.357. The van der Waals surface area contributed by atoms with Gasteiger partial charge in [-0.25, -0.2) is 0 Å². The highest BCUT2D eigenvalue weighted by Crippen LogP contribution is 2.33. The molecule has 0 saturated carbocycles. The van der Waals surface area contributed by atoms with Gasteiger partial charge in [0, 0.05) is 11.1 Å². The second-order valence-electron chi connectivity index (χ2n) is 4.77. The molecule has 102 valence electrons. The summed E-state index contributed by atoms with van der Waals surface area (Å²) in [6.45, 7) is 5.96. The van der Waals surface area contributed by atoms with Crippen LogP contribution in [0.4, 0.5) is 0 Å². The predicted octanol–water partition coefficient (Wildman–Crippen LogP) is 4.27. The summed E-state index contributed by atoms with van der Waals surface area (Å²) in [6.07, 6.45) is 0.955. The zero-order valence-corrected chi connectivity index (χ0v) is 13.4. The lowest BCUT2D eigenvalue weighted by atomic mass is 10.0. The van der Waals surface area contributed by atoms with Gasteiger partial charge in [0.05, 0.1) is 16.4 Å². The van der Waals surface area contributed by atoms with E-state index in [-0.39, 0.29) is 6.04 Å². The molecule has 3 nitrogen and oxygen atoms in total. The molecule has 1 N–H and O–H groups in total. The van der Waals surface area contributed by atoms with Crippen molar-refractivity contribution in [3.05, 3.63) is 50.7 Å². The number of nitrogens with zero attached hydrogens (tertiary/aromatic N) is 2. The molecular weight excluding hydrogens is 328 g/mol. The van der Waals surface area contributed by atoms with Crippen molar-refractivity contribution in [3.8, 4) is 0 Å². The van der Waals surface area contributed by atoms with Crippen molar-refractivity contribution >= 4 is 27.5 Å². The zero-order valence-electron chi connectivity index (χ0n) is 11.1. The first-order valence-electron chi connectivity index (χ1n) is 6.09. The van der Waals surface area contributed by atoms with E-state index in [1.807, 2.05) is 43.7 Å². The Labute approximate surface area is 126 Å². The van der Waals surface area contributed by atoms with E-state index < -0.39 is 6.10 Å². The first-order chi connectivity index (χ1) is 8.93. The summed E-state index contributed by atoms with van der Waals surface area (Å²) in [5.74, 6) is 0. The van der Waals surface area contributed by atoms with Crippen molar-refractivity contribution in [2.75, 3.05) is 0 Å². The molecule has 0 radical (unpaired) electrons. The molecule has 19 heavy (non-hydrogen) atoms. The molecule has 0 bridgehead atoms. The third kappa shape index (κ3) is 2.71. The molecule has 0 fully saturated rings. The summed E-state index contributed by atoms with van der Waals surface area (Å²) in [5, 5.41) is 15.6. The highest BCUT2D eigenvalue weighted by atomic mass is 79.9. The van der Waals surface area contributed by atoms with E-state index in [1.165, 1.54) is 0 Å². The van der Waals surface area contributed by atoms with Crippen molar-refractivity contribution in [2.45, 2.75) is 32.9 Å². The Balaban J connectivity index is 2.53. The first kappa shape index (κ1) is 14.6. The Hall–Kier alpha value is -0.840. The van der Waals surface area contributed by atoms with Crippen LogP contribution in [0, 0.1) is 6.92 Å². The lowest BCUT2D eigenvalue weighted by Gasteiger charge is -2.19. The minimum atomic E-state index is -0.752. The molecule has 0 aliphatic carbocycles. The normalized spacial score (nSPS) is 13.0. The molecule has 0 amide bonds. The Bertz CT molecular complexity index is 595. The molecule has 1 heterocycles. The SMILES string of the molecule is Cc1c(Cl)cccc1C(O)c1c(Br)cnn1C(C)C. The fourth-order valence-electron chi connectivity index (χ4n) is 2.09. The second kappa shape index (κ2) is 5.65. The van der Waals surface area contributed by atoms with Crippen molar-refractivity contribution < 1.29 is 5.11 Å². The lowest BCUT2D eigenvalue weighted by Crippen LogP contribution is -2.13. The van der Waals surface area contributed by atoms with Crippen molar-refractivity contribution in [2.24, 2.45) is 0 Å². The number of hydrogen-bond acceptors (Lipinski definition) is 2. The fourth-order valence-corrected chi connectivity index (χ4v) is 2.76. The summed E-state index contributed by atoms with van der Waals surface area (Å²) in [6, 6.07) is 5.73. The number of aliphatic hydroxyl groups excluding tert-OH is 1. The lowest BCUT2D eigenvalue weighted by molar-refractivity contribution is 0.203. The standard InChI is InChI=1S/C14H16BrClN2O/c1-8(2)18-13(11(15)7-17-18)14(19)10-5-4-6-12(16)9(10)3/h4-8,14,19H,1-3H3. The summed E-state index contributed by atoms with van der Waals surface area (Å²) in [5.41, 5.74) is 2.44. The van der Waals surface area contributed by atoms with Crippen LogP contribution in [0.1, 0.15) is 42.8 Å². The number of aromatic nitrogens is 2. The number of hydrogen-bond donors (Lipinski definition) is 1. The van der Waals surface area contributed by atoms with Gasteiger partial charge in [-0.3, -0.25) is 4.68 Å². The monoisotopic (exact) mass is 342 g/mol. The third-order valence-electron chi connectivity index (χ3n) is 3.14. The van der Waals surface area contributed by atoms with Crippen molar-refractivity contribution in [1.82, 2.24) is 9.78 Å². The molecule has 0 spiro atoms. The average Bonchev–Trinajstić information content (AvgIpc) is 2.74. The molecule has 0 saturated heterocycles. The molecule has 5 heteroatoms. The van der Waals surface area contributed by atoms with Crippen molar-refractivity contribution in [3.63, 3.8) is 0 Å². The number of benzene rings is 1. The van der Waals surface area contributed by atoms with E-state index in [0.717, 1.165) is 21.3 Å². The van der Waals surface area contributed by atoms with Crippen LogP contribution in [0.5, 0.6) is 0 Å². The van der Waals surface area contributed by atoms with E-state index in [4.69, 9.17) is 11.6 Å². The molecule has 2 aromatic rings. The van der Waals surface area contributed by atoms with Gasteiger partial charge in [-0.1, -0.05) is 23.7 Å². The maximum absolute atomic E-state index is 10.6. The zero-order chi connectivity index (χ0) is 14.2. The smallest absolute Gasteiger partial charge is 0.122 e. The first-order valence-corrected chi connectivity index (χ1v) is 7.26. The van der Waals surface area contributed by atoms with Crippen LogP contribution in [0.3, 0.4) is 0 Å². The van der Waals surface area contributed by atoms with Crippen LogP contribution < -0.4 is 0 Å². The van der Waals surface area contributed by atoms with E-state index in [9.17, 15) is 5.11 Å². The average molecular weight is 344 g/mol. The molecule has 1 atom stereocenters. The van der Waals surface area contributed by atoms with Gasteiger partial charge in [-0.05, 0) is 53.9 Å². The molecule has 1 unspecified atom stereocenters. The largest absolute Gasteiger partial charge is 0.382 e. The van der Waals surface area contributed by atoms with E-state index in [1.54, 1.807) is 6.20 Å². The Morgan fingerprint density at radius 2 is 2.05 bits per heavy atom. The highest BCUT2D eigenvalue weighted by Gasteiger charge is 2.22. The molecule has 0 aliphatic rings. The van der Waals surface area contributed by atoms with Gasteiger partial charge in [0.1, 0.15) is 6.10 Å². The molecular formula is C14H16BrClN2O. The van der Waals surface area contributed by atoms with E-state index in [0.29, 0.717) is 5.02 Å². The summed E-state index contributed by atoms with van der Waals surface area (Å²) < 4.78 is 2.61. The molecule has 1 aromatic heterocycles. The summed E-state index contributed by atoms with van der Waals surface area (Å²) in [4.78, 5) is 0. The van der Waals surface area contributed by atoms with Crippen LogP contribution in [-0.4, -0.2) is 14.9 Å². The predicted molar refractivity (Wildman–Crippen MR) is 80.6 cm³/mol. The highest BCUT2D eigenvalue weighted by molar-refractivity contribution is 9.10. The van der Waals surface area contributed by atoms with Gasteiger partial charge in [0.2, 0.25) is 0 Å². The quantitative estimate of drug-likeness (QED) is 0.903. The molecule has 2 rings (SSSR count). The van der Waals surface area contributed by atoms with E-state index in [2.05, 4.69) is 21.0 Å².